The fraction of sp³-hybridized carbons (Fsp3) is 0.333. The number of amides is 2. The van der Waals surface area contributed by atoms with Gasteiger partial charge >= 0.3 is 0 Å². The van der Waals surface area contributed by atoms with E-state index in [9.17, 15) is 14.4 Å². The zero-order chi connectivity index (χ0) is 17.7. The monoisotopic (exact) mass is 401 g/mol. The van der Waals surface area contributed by atoms with Crippen molar-refractivity contribution in [2.24, 2.45) is 16.9 Å². The fourth-order valence-corrected chi connectivity index (χ4v) is 4.26. The number of hydrogen-bond acceptors (Lipinski definition) is 5. The van der Waals surface area contributed by atoms with Crippen molar-refractivity contribution in [1.82, 2.24) is 9.91 Å². The number of ketones is 1. The maximum atomic E-state index is 13.2. The Morgan fingerprint density at radius 1 is 1.16 bits per heavy atom. The van der Waals surface area contributed by atoms with Crippen LogP contribution in [0.5, 0.6) is 0 Å². The second-order valence-electron chi connectivity index (χ2n) is 6.31. The van der Waals surface area contributed by atoms with E-state index in [2.05, 4.69) is 21.0 Å². The normalized spacial score (nSPS) is 30.0. The molecule has 0 saturated carbocycles. The molecule has 3 heterocycles. The van der Waals surface area contributed by atoms with Crippen LogP contribution >= 0.6 is 15.9 Å². The number of imide groups is 1. The van der Waals surface area contributed by atoms with Crippen LogP contribution in [0, 0.1) is 11.8 Å². The summed E-state index contributed by atoms with van der Waals surface area (Å²) in [6, 6.07) is 5.90. The van der Waals surface area contributed by atoms with E-state index in [1.54, 1.807) is 48.5 Å². The van der Waals surface area contributed by atoms with Gasteiger partial charge in [-0.05, 0) is 25.1 Å². The van der Waals surface area contributed by atoms with Crippen LogP contribution in [0.1, 0.15) is 17.3 Å². The number of Topliss-reactive ketones (excluding diaryl/α,β-unsaturated/α-hetero) is 1. The number of carbonyl (C=O) groups is 3. The highest BCUT2D eigenvalue weighted by atomic mass is 79.9. The second-order valence-corrected chi connectivity index (χ2v) is 7.22. The van der Waals surface area contributed by atoms with Gasteiger partial charge in [0.25, 0.3) is 0 Å². The maximum absolute atomic E-state index is 13.2. The van der Waals surface area contributed by atoms with Crippen LogP contribution in [0.3, 0.4) is 0 Å². The molecule has 0 bridgehead atoms. The van der Waals surface area contributed by atoms with E-state index in [1.807, 2.05) is 6.08 Å². The Morgan fingerprint density at radius 3 is 2.52 bits per heavy atom. The molecule has 0 aliphatic carbocycles. The third kappa shape index (κ3) is 2.29. The number of nitrogens with zero attached hydrogens (tertiary/aromatic N) is 3. The van der Waals surface area contributed by atoms with E-state index in [4.69, 9.17) is 0 Å². The van der Waals surface area contributed by atoms with Crippen molar-refractivity contribution in [3.05, 3.63) is 46.5 Å². The molecule has 3 aliphatic rings. The molecular formula is C18H16BrN3O3. The highest BCUT2D eigenvalue weighted by Crippen LogP contribution is 2.44. The molecule has 6 nitrogen and oxygen atoms in total. The van der Waals surface area contributed by atoms with Gasteiger partial charge in [-0.3, -0.25) is 24.3 Å². The summed E-state index contributed by atoms with van der Waals surface area (Å²) in [6.07, 6.45) is 5.20. The van der Waals surface area contributed by atoms with Gasteiger partial charge in [0.1, 0.15) is 6.04 Å². The Labute approximate surface area is 153 Å². The minimum absolute atomic E-state index is 0.184. The van der Waals surface area contributed by atoms with Crippen molar-refractivity contribution >= 4 is 39.7 Å². The van der Waals surface area contributed by atoms with Crippen LogP contribution in [-0.2, 0) is 9.59 Å². The average Bonchev–Trinajstić information content (AvgIpc) is 3.08. The van der Waals surface area contributed by atoms with Crippen LogP contribution < -0.4 is 0 Å². The molecule has 0 aromatic heterocycles. The lowest BCUT2D eigenvalue weighted by atomic mass is 9.86. The van der Waals surface area contributed by atoms with Crippen LogP contribution in [0.15, 0.2) is 46.0 Å². The zero-order valence-electron chi connectivity index (χ0n) is 13.5. The van der Waals surface area contributed by atoms with Gasteiger partial charge < -0.3 is 0 Å². The summed E-state index contributed by atoms with van der Waals surface area (Å²) in [5.74, 6) is -1.90. The van der Waals surface area contributed by atoms with Crippen molar-refractivity contribution in [3.63, 3.8) is 0 Å². The Kier molecular flexibility index (Phi) is 3.83. The van der Waals surface area contributed by atoms with Crippen LogP contribution in [-0.4, -0.2) is 52.3 Å². The molecule has 2 fully saturated rings. The fourth-order valence-electron chi connectivity index (χ4n) is 4.00. The van der Waals surface area contributed by atoms with Gasteiger partial charge in [0.2, 0.25) is 11.8 Å². The molecular weight excluding hydrogens is 386 g/mol. The molecule has 1 aromatic rings. The van der Waals surface area contributed by atoms with E-state index >= 15 is 0 Å². The van der Waals surface area contributed by atoms with Gasteiger partial charge in [-0.15, -0.1) is 0 Å². The summed E-state index contributed by atoms with van der Waals surface area (Å²) in [5, 5.41) is 5.94. The van der Waals surface area contributed by atoms with E-state index in [1.165, 1.54) is 4.90 Å². The van der Waals surface area contributed by atoms with Gasteiger partial charge in [-0.2, -0.15) is 5.10 Å². The first-order chi connectivity index (χ1) is 12.0. The third-order valence-corrected chi connectivity index (χ3v) is 5.62. The summed E-state index contributed by atoms with van der Waals surface area (Å²) in [6.45, 7) is 2.10. The summed E-state index contributed by atoms with van der Waals surface area (Å²) < 4.78 is 0.870. The van der Waals surface area contributed by atoms with Crippen molar-refractivity contribution in [1.29, 1.82) is 0 Å². The summed E-state index contributed by atoms with van der Waals surface area (Å²) in [5.41, 5.74) is 0.507. The molecule has 2 saturated heterocycles. The average molecular weight is 402 g/mol. The Balaban J connectivity index is 1.77. The SMILES string of the molecule is CCN1C(=O)[C@@H]2[C@@H](C1=O)[C@@H](C(=O)c1ccc(Br)cc1)N1N=CC=C[C@H]21. The largest absolute Gasteiger partial charge is 0.292 e. The molecule has 25 heavy (non-hydrogen) atoms. The number of allylic oxidation sites excluding steroid dienone is 1. The lowest BCUT2D eigenvalue weighted by Gasteiger charge is -2.30. The van der Waals surface area contributed by atoms with Crippen molar-refractivity contribution in [3.8, 4) is 0 Å². The zero-order valence-corrected chi connectivity index (χ0v) is 15.1. The topological polar surface area (TPSA) is 70.1 Å². The van der Waals surface area contributed by atoms with Crippen molar-refractivity contribution in [2.45, 2.75) is 19.0 Å². The smallest absolute Gasteiger partial charge is 0.235 e. The number of hydrazone groups is 1. The highest BCUT2D eigenvalue weighted by molar-refractivity contribution is 9.10. The molecule has 0 radical (unpaired) electrons. The summed E-state index contributed by atoms with van der Waals surface area (Å²) >= 11 is 3.35. The molecule has 0 N–H and O–H groups in total. The van der Waals surface area contributed by atoms with Crippen molar-refractivity contribution < 1.29 is 14.4 Å². The number of rotatable bonds is 3. The standard InChI is InChI=1S/C18H16BrN3O3/c1-2-21-17(24)13-12-4-3-9-20-22(12)15(14(13)18(21)25)16(23)10-5-7-11(19)8-6-10/h3-9,12-15H,2H2,1H3/t12-,13+,14-,15+/m1/s1. The number of fused-ring (bicyclic) bond motifs is 3. The maximum Gasteiger partial charge on any atom is 0.235 e. The van der Waals surface area contributed by atoms with Crippen LogP contribution in [0.4, 0.5) is 0 Å². The minimum atomic E-state index is -0.759. The minimum Gasteiger partial charge on any atom is -0.292 e. The number of benzene rings is 1. The Morgan fingerprint density at radius 2 is 1.84 bits per heavy atom. The van der Waals surface area contributed by atoms with Gasteiger partial charge in [0.15, 0.2) is 5.78 Å². The van der Waals surface area contributed by atoms with E-state index in [0.717, 1.165) is 4.47 Å². The predicted octanol–water partition coefficient (Wildman–Crippen LogP) is 1.86. The van der Waals surface area contributed by atoms with E-state index < -0.39 is 17.9 Å². The number of likely N-dealkylation sites (tertiary alicyclic amines) is 1. The first kappa shape index (κ1) is 16.2. The molecule has 3 aliphatic heterocycles. The number of hydrogen-bond donors (Lipinski definition) is 0. The van der Waals surface area contributed by atoms with Gasteiger partial charge in [-0.1, -0.05) is 34.1 Å². The van der Waals surface area contributed by atoms with Gasteiger partial charge in [0.05, 0.1) is 17.9 Å². The third-order valence-electron chi connectivity index (χ3n) is 5.10. The molecule has 128 valence electrons. The molecule has 0 spiro atoms. The molecule has 0 unspecified atom stereocenters. The highest BCUT2D eigenvalue weighted by Gasteiger charge is 2.63. The first-order valence-corrected chi connectivity index (χ1v) is 8.98. The molecule has 1 aromatic carbocycles. The Bertz CT molecular complexity index is 817. The van der Waals surface area contributed by atoms with Gasteiger partial charge in [-0.25, -0.2) is 0 Å². The van der Waals surface area contributed by atoms with Gasteiger partial charge in [0, 0.05) is 22.8 Å². The molecule has 2 amide bonds. The Hall–Kier alpha value is -2.28. The van der Waals surface area contributed by atoms with Crippen LogP contribution in [0.25, 0.3) is 0 Å². The quantitative estimate of drug-likeness (QED) is 0.572. The van der Waals surface area contributed by atoms with E-state index in [-0.39, 0.29) is 23.6 Å². The second kappa shape index (κ2) is 5.91. The molecule has 4 rings (SSSR count). The number of halogens is 1. The summed E-state index contributed by atoms with van der Waals surface area (Å²) in [7, 11) is 0. The number of carbonyl (C=O) groups excluding carboxylic acids is 3. The lowest BCUT2D eigenvalue weighted by molar-refractivity contribution is -0.141. The first-order valence-electron chi connectivity index (χ1n) is 8.18. The predicted molar refractivity (Wildman–Crippen MR) is 94.9 cm³/mol. The molecule has 4 atom stereocenters. The van der Waals surface area contributed by atoms with Crippen LogP contribution in [0.2, 0.25) is 0 Å². The summed E-state index contributed by atoms with van der Waals surface area (Å²) in [4.78, 5) is 40.0. The molecule has 7 heteroatoms. The van der Waals surface area contributed by atoms with Crippen molar-refractivity contribution in [2.75, 3.05) is 6.54 Å². The van der Waals surface area contributed by atoms with E-state index in [0.29, 0.717) is 12.1 Å². The lowest BCUT2D eigenvalue weighted by Crippen LogP contribution is -2.45.